The molecule has 0 bridgehead atoms. The van der Waals surface area contributed by atoms with Crippen LogP contribution in [0, 0.1) is 0 Å². The van der Waals surface area contributed by atoms with Crippen molar-refractivity contribution in [2.24, 2.45) is 0 Å². The highest BCUT2D eigenvalue weighted by Gasteiger charge is 2.34. The van der Waals surface area contributed by atoms with Gasteiger partial charge >= 0.3 is 0 Å². The van der Waals surface area contributed by atoms with Gasteiger partial charge in [-0.15, -0.1) is 0 Å². The van der Waals surface area contributed by atoms with Crippen molar-refractivity contribution in [2.45, 2.75) is 33.6 Å². The van der Waals surface area contributed by atoms with Crippen LogP contribution in [-0.4, -0.2) is 26.2 Å². The van der Waals surface area contributed by atoms with Crippen LogP contribution in [0.15, 0.2) is 97.1 Å². The average Bonchev–Trinajstić information content (AvgIpc) is 2.94. The normalized spacial score (nSPS) is 16.2. The van der Waals surface area contributed by atoms with Crippen LogP contribution in [0.5, 0.6) is 0 Å². The Morgan fingerprint density at radius 1 is 0.556 bits per heavy atom. The van der Waals surface area contributed by atoms with E-state index in [1.807, 2.05) is 0 Å². The SMILES string of the molecule is CCN(CC)c1ccc2c(c1)P(c1ccccc1)c1cc(N(CC)CC)ccc1C2c1ccccc1. The predicted molar refractivity (Wildman–Crippen MR) is 160 cm³/mol. The summed E-state index contributed by atoms with van der Waals surface area (Å²) in [5, 5.41) is 4.42. The molecule has 3 heteroatoms. The number of fused-ring (bicyclic) bond motifs is 2. The third kappa shape index (κ3) is 4.44. The summed E-state index contributed by atoms with van der Waals surface area (Å²) in [5.74, 6) is 0.246. The first kappa shape index (κ1) is 24.6. The first-order valence-electron chi connectivity index (χ1n) is 13.4. The van der Waals surface area contributed by atoms with Gasteiger partial charge in [-0.05, 0) is 92.5 Å². The van der Waals surface area contributed by atoms with E-state index < -0.39 is 7.92 Å². The summed E-state index contributed by atoms with van der Waals surface area (Å²) in [4.78, 5) is 4.94. The Hall–Kier alpha value is -3.09. The highest BCUT2D eigenvalue weighted by Crippen LogP contribution is 2.47. The summed E-state index contributed by atoms with van der Waals surface area (Å²) < 4.78 is 0. The minimum Gasteiger partial charge on any atom is -0.372 e. The van der Waals surface area contributed by atoms with Crippen LogP contribution >= 0.6 is 7.92 Å². The molecule has 0 amide bonds. The minimum atomic E-state index is -0.671. The fraction of sp³-hybridized carbons (Fsp3) is 0.273. The largest absolute Gasteiger partial charge is 0.372 e. The van der Waals surface area contributed by atoms with E-state index in [0.29, 0.717) is 0 Å². The number of anilines is 2. The Morgan fingerprint density at radius 3 is 1.44 bits per heavy atom. The van der Waals surface area contributed by atoms with Crippen LogP contribution in [0.1, 0.15) is 50.3 Å². The van der Waals surface area contributed by atoms with Crippen LogP contribution < -0.4 is 25.7 Å². The first-order valence-corrected chi connectivity index (χ1v) is 14.7. The van der Waals surface area contributed by atoms with Gasteiger partial charge in [0.25, 0.3) is 0 Å². The average molecular weight is 493 g/mol. The van der Waals surface area contributed by atoms with E-state index in [-0.39, 0.29) is 5.92 Å². The zero-order valence-electron chi connectivity index (χ0n) is 22.0. The van der Waals surface area contributed by atoms with Gasteiger partial charge in [-0.2, -0.15) is 0 Å². The number of benzene rings is 4. The van der Waals surface area contributed by atoms with Crippen molar-refractivity contribution in [1.29, 1.82) is 0 Å². The molecule has 0 aliphatic carbocycles. The number of rotatable bonds is 8. The lowest BCUT2D eigenvalue weighted by molar-refractivity contribution is 0.864. The van der Waals surface area contributed by atoms with E-state index in [1.54, 1.807) is 0 Å². The molecule has 0 fully saturated rings. The zero-order valence-corrected chi connectivity index (χ0v) is 22.9. The van der Waals surface area contributed by atoms with Crippen molar-refractivity contribution < 1.29 is 0 Å². The van der Waals surface area contributed by atoms with E-state index >= 15 is 0 Å². The second-order valence-corrected chi connectivity index (χ2v) is 11.5. The first-order chi connectivity index (χ1) is 17.7. The third-order valence-corrected chi connectivity index (χ3v) is 10.1. The maximum Gasteiger partial charge on any atom is 0.0372 e. The van der Waals surface area contributed by atoms with Gasteiger partial charge in [0.1, 0.15) is 0 Å². The summed E-state index contributed by atoms with van der Waals surface area (Å²) in [6.07, 6.45) is 0. The molecule has 0 atom stereocenters. The number of hydrogen-bond acceptors (Lipinski definition) is 2. The Kier molecular flexibility index (Phi) is 7.44. The van der Waals surface area contributed by atoms with Crippen molar-refractivity contribution >= 4 is 35.2 Å². The molecule has 0 aromatic heterocycles. The van der Waals surface area contributed by atoms with Crippen LogP contribution in [0.25, 0.3) is 0 Å². The molecule has 0 unspecified atom stereocenters. The fourth-order valence-electron chi connectivity index (χ4n) is 5.67. The van der Waals surface area contributed by atoms with Crippen molar-refractivity contribution in [3.8, 4) is 0 Å². The van der Waals surface area contributed by atoms with Gasteiger partial charge in [0.05, 0.1) is 0 Å². The summed E-state index contributed by atoms with van der Waals surface area (Å²) in [5.41, 5.74) is 6.94. The number of hydrogen-bond donors (Lipinski definition) is 0. The van der Waals surface area contributed by atoms with Crippen LogP contribution in [0.2, 0.25) is 0 Å². The lowest BCUT2D eigenvalue weighted by Gasteiger charge is -2.37. The molecule has 0 N–H and O–H groups in total. The minimum absolute atomic E-state index is 0.246. The molecule has 0 saturated carbocycles. The van der Waals surface area contributed by atoms with Crippen molar-refractivity contribution in [2.75, 3.05) is 36.0 Å². The fourth-order valence-corrected chi connectivity index (χ4v) is 8.40. The van der Waals surface area contributed by atoms with E-state index in [0.717, 1.165) is 26.2 Å². The van der Waals surface area contributed by atoms with Gasteiger partial charge in [-0.25, -0.2) is 0 Å². The lowest BCUT2D eigenvalue weighted by atomic mass is 9.84. The molecule has 36 heavy (non-hydrogen) atoms. The predicted octanol–water partition coefficient (Wildman–Crippen LogP) is 6.63. The monoisotopic (exact) mass is 492 g/mol. The molecular weight excluding hydrogens is 455 g/mol. The molecule has 0 spiro atoms. The van der Waals surface area contributed by atoms with Crippen LogP contribution in [-0.2, 0) is 0 Å². The Morgan fingerprint density at radius 2 is 1.00 bits per heavy atom. The van der Waals surface area contributed by atoms with Gasteiger partial charge in [0.15, 0.2) is 0 Å². The molecule has 1 heterocycles. The maximum absolute atomic E-state index is 2.50. The smallest absolute Gasteiger partial charge is 0.0372 e. The van der Waals surface area contributed by atoms with E-state index in [2.05, 4.69) is 135 Å². The molecule has 4 aromatic rings. The van der Waals surface area contributed by atoms with Gasteiger partial charge in [0.2, 0.25) is 0 Å². The highest BCUT2D eigenvalue weighted by molar-refractivity contribution is 7.80. The van der Waals surface area contributed by atoms with Crippen LogP contribution in [0.4, 0.5) is 11.4 Å². The van der Waals surface area contributed by atoms with Crippen molar-refractivity contribution in [3.63, 3.8) is 0 Å². The van der Waals surface area contributed by atoms with E-state index in [4.69, 9.17) is 0 Å². The van der Waals surface area contributed by atoms with Gasteiger partial charge in [-0.3, -0.25) is 0 Å². The van der Waals surface area contributed by atoms with Gasteiger partial charge < -0.3 is 9.80 Å². The van der Waals surface area contributed by atoms with Gasteiger partial charge in [0, 0.05) is 43.5 Å². The van der Waals surface area contributed by atoms with Crippen molar-refractivity contribution in [1.82, 2.24) is 0 Å². The molecule has 4 aromatic carbocycles. The highest BCUT2D eigenvalue weighted by atomic mass is 31.1. The second-order valence-electron chi connectivity index (χ2n) is 9.35. The summed E-state index contributed by atoms with van der Waals surface area (Å²) in [6, 6.07) is 36.8. The second kappa shape index (κ2) is 10.9. The summed E-state index contributed by atoms with van der Waals surface area (Å²) in [7, 11) is -0.671. The molecule has 1 aliphatic heterocycles. The molecule has 2 nitrogen and oxygen atoms in total. The van der Waals surface area contributed by atoms with Gasteiger partial charge in [-0.1, -0.05) is 72.8 Å². The molecular formula is C33H37N2P. The van der Waals surface area contributed by atoms with E-state index in [1.165, 1.54) is 44.0 Å². The zero-order chi connectivity index (χ0) is 25.1. The summed E-state index contributed by atoms with van der Waals surface area (Å²) >= 11 is 0. The summed E-state index contributed by atoms with van der Waals surface area (Å²) in [6.45, 7) is 13.1. The lowest BCUT2D eigenvalue weighted by Crippen LogP contribution is -2.35. The van der Waals surface area contributed by atoms with Crippen molar-refractivity contribution in [3.05, 3.63) is 114 Å². The topological polar surface area (TPSA) is 6.48 Å². The molecule has 0 saturated heterocycles. The van der Waals surface area contributed by atoms with Crippen LogP contribution in [0.3, 0.4) is 0 Å². The maximum atomic E-state index is 2.50. The standard InChI is InChI=1S/C33H37N2P/c1-5-34(6-2)26-19-21-29-31(23-26)36(28-17-13-10-14-18-28)32-24-27(35(7-3)8-4)20-22-30(32)33(29)25-15-11-9-12-16-25/h9-24,33H,5-8H2,1-4H3. The molecule has 5 rings (SSSR count). The molecule has 1 aliphatic rings. The Balaban J connectivity index is 1.80. The third-order valence-electron chi connectivity index (χ3n) is 7.54. The molecule has 184 valence electrons. The Bertz CT molecular complexity index is 1230. The quantitative estimate of drug-likeness (QED) is 0.224. The Labute approximate surface area is 218 Å². The molecule has 0 radical (unpaired) electrons. The van der Waals surface area contributed by atoms with E-state index in [9.17, 15) is 0 Å². The number of nitrogens with zero attached hydrogens (tertiary/aromatic N) is 2.